The fraction of sp³-hybridized carbons (Fsp3) is 0.923. The van der Waals surface area contributed by atoms with Crippen LogP contribution >= 0.6 is 0 Å². The summed E-state index contributed by atoms with van der Waals surface area (Å²) < 4.78 is 0. The summed E-state index contributed by atoms with van der Waals surface area (Å²) in [6.07, 6.45) is 4.59. The van der Waals surface area contributed by atoms with E-state index >= 15 is 0 Å². The van der Waals surface area contributed by atoms with Crippen molar-refractivity contribution < 1.29 is 0 Å². The molecule has 0 aliphatic rings. The van der Waals surface area contributed by atoms with Crippen molar-refractivity contribution in [1.29, 1.82) is 5.26 Å². The quantitative estimate of drug-likeness (QED) is 0.624. The van der Waals surface area contributed by atoms with E-state index in [-0.39, 0.29) is 5.41 Å². The largest absolute Gasteiger partial charge is 0.317 e. The average molecular weight is 210 g/mol. The Morgan fingerprint density at radius 1 is 1.20 bits per heavy atom. The van der Waals surface area contributed by atoms with Gasteiger partial charge >= 0.3 is 0 Å². The van der Waals surface area contributed by atoms with Crippen LogP contribution in [0.15, 0.2) is 0 Å². The first kappa shape index (κ1) is 14.5. The molecule has 2 heteroatoms. The standard InChI is InChI=1S/C13H26N2/c1-12(2)7-10-15-9-6-5-8-13(3,4)11-14/h12,15H,5-10H2,1-4H3. The molecule has 0 aromatic heterocycles. The van der Waals surface area contributed by atoms with Gasteiger partial charge in [-0.3, -0.25) is 0 Å². The van der Waals surface area contributed by atoms with Gasteiger partial charge in [0, 0.05) is 0 Å². The second-order valence-electron chi connectivity index (χ2n) is 5.39. The van der Waals surface area contributed by atoms with Gasteiger partial charge in [-0.2, -0.15) is 5.26 Å². The van der Waals surface area contributed by atoms with E-state index in [1.54, 1.807) is 0 Å². The molecule has 0 saturated carbocycles. The van der Waals surface area contributed by atoms with Crippen LogP contribution in [-0.2, 0) is 0 Å². The topological polar surface area (TPSA) is 35.8 Å². The average Bonchev–Trinajstić information content (AvgIpc) is 2.16. The van der Waals surface area contributed by atoms with E-state index in [9.17, 15) is 0 Å². The maximum Gasteiger partial charge on any atom is 0.0683 e. The lowest BCUT2D eigenvalue weighted by atomic mass is 9.89. The number of nitriles is 1. The first-order chi connectivity index (χ1) is 6.98. The van der Waals surface area contributed by atoms with Crippen molar-refractivity contribution in [3.63, 3.8) is 0 Å². The van der Waals surface area contributed by atoms with E-state index in [0.717, 1.165) is 31.8 Å². The highest BCUT2D eigenvalue weighted by Crippen LogP contribution is 2.21. The van der Waals surface area contributed by atoms with Crippen LogP contribution in [-0.4, -0.2) is 13.1 Å². The molecular weight excluding hydrogens is 184 g/mol. The maximum atomic E-state index is 8.83. The molecule has 0 heterocycles. The van der Waals surface area contributed by atoms with Crippen LogP contribution in [0, 0.1) is 22.7 Å². The Balaban J connectivity index is 3.23. The second-order valence-corrected chi connectivity index (χ2v) is 5.39. The molecule has 0 spiro atoms. The van der Waals surface area contributed by atoms with Crippen LogP contribution in [0.2, 0.25) is 0 Å². The van der Waals surface area contributed by atoms with E-state index < -0.39 is 0 Å². The van der Waals surface area contributed by atoms with Crippen molar-refractivity contribution in [3.8, 4) is 6.07 Å². The van der Waals surface area contributed by atoms with Crippen LogP contribution in [0.3, 0.4) is 0 Å². The summed E-state index contributed by atoms with van der Waals surface area (Å²) in [6, 6.07) is 2.34. The molecule has 0 fully saturated rings. The zero-order valence-corrected chi connectivity index (χ0v) is 10.8. The van der Waals surface area contributed by atoms with Crippen molar-refractivity contribution in [2.75, 3.05) is 13.1 Å². The van der Waals surface area contributed by atoms with Crippen molar-refractivity contribution in [1.82, 2.24) is 5.32 Å². The lowest BCUT2D eigenvalue weighted by Gasteiger charge is -2.14. The number of hydrogen-bond donors (Lipinski definition) is 1. The molecule has 88 valence electrons. The number of nitrogens with zero attached hydrogens (tertiary/aromatic N) is 1. The van der Waals surface area contributed by atoms with Crippen LogP contribution in [0.1, 0.15) is 53.4 Å². The van der Waals surface area contributed by atoms with E-state index in [4.69, 9.17) is 5.26 Å². The molecular formula is C13H26N2. The van der Waals surface area contributed by atoms with Crippen LogP contribution in [0.4, 0.5) is 0 Å². The fourth-order valence-corrected chi connectivity index (χ4v) is 1.39. The van der Waals surface area contributed by atoms with Crippen molar-refractivity contribution in [2.45, 2.75) is 53.4 Å². The highest BCUT2D eigenvalue weighted by molar-refractivity contribution is 4.91. The third-order valence-electron chi connectivity index (χ3n) is 2.61. The zero-order chi connectivity index (χ0) is 11.7. The summed E-state index contributed by atoms with van der Waals surface area (Å²) in [7, 11) is 0. The molecule has 0 saturated heterocycles. The first-order valence-corrected chi connectivity index (χ1v) is 6.10. The molecule has 0 aliphatic carbocycles. The van der Waals surface area contributed by atoms with Gasteiger partial charge in [-0.05, 0) is 52.1 Å². The van der Waals surface area contributed by atoms with Gasteiger partial charge in [0.05, 0.1) is 11.5 Å². The Labute approximate surface area is 95.1 Å². The third-order valence-corrected chi connectivity index (χ3v) is 2.61. The molecule has 2 nitrogen and oxygen atoms in total. The molecule has 0 unspecified atom stereocenters. The molecule has 15 heavy (non-hydrogen) atoms. The molecule has 0 bridgehead atoms. The normalized spacial score (nSPS) is 11.7. The van der Waals surface area contributed by atoms with Gasteiger partial charge in [0.15, 0.2) is 0 Å². The number of hydrogen-bond acceptors (Lipinski definition) is 2. The van der Waals surface area contributed by atoms with Crippen molar-refractivity contribution >= 4 is 0 Å². The van der Waals surface area contributed by atoms with Gasteiger partial charge in [0.1, 0.15) is 0 Å². The SMILES string of the molecule is CC(C)CCNCCCCC(C)(C)C#N. The Kier molecular flexibility index (Phi) is 7.42. The van der Waals surface area contributed by atoms with Gasteiger partial charge in [0.2, 0.25) is 0 Å². The van der Waals surface area contributed by atoms with Gasteiger partial charge in [0.25, 0.3) is 0 Å². The van der Waals surface area contributed by atoms with Crippen LogP contribution < -0.4 is 5.32 Å². The fourth-order valence-electron chi connectivity index (χ4n) is 1.39. The van der Waals surface area contributed by atoms with Gasteiger partial charge in [-0.15, -0.1) is 0 Å². The highest BCUT2D eigenvalue weighted by Gasteiger charge is 2.14. The van der Waals surface area contributed by atoms with Crippen LogP contribution in [0.5, 0.6) is 0 Å². The minimum absolute atomic E-state index is 0.141. The highest BCUT2D eigenvalue weighted by atomic mass is 14.8. The number of rotatable bonds is 8. The van der Waals surface area contributed by atoms with E-state index in [2.05, 4.69) is 25.2 Å². The number of nitrogens with one attached hydrogen (secondary N) is 1. The predicted octanol–water partition coefficient (Wildman–Crippen LogP) is 3.34. The van der Waals surface area contributed by atoms with Gasteiger partial charge in [-0.25, -0.2) is 0 Å². The zero-order valence-electron chi connectivity index (χ0n) is 10.8. The van der Waals surface area contributed by atoms with Gasteiger partial charge in [-0.1, -0.05) is 20.3 Å². The Morgan fingerprint density at radius 2 is 1.87 bits per heavy atom. The maximum absolute atomic E-state index is 8.83. The summed E-state index contributed by atoms with van der Waals surface area (Å²) in [5.41, 5.74) is -0.141. The lowest BCUT2D eigenvalue weighted by Crippen LogP contribution is -2.18. The molecule has 0 aromatic carbocycles. The van der Waals surface area contributed by atoms with Crippen LogP contribution in [0.25, 0.3) is 0 Å². The van der Waals surface area contributed by atoms with Gasteiger partial charge < -0.3 is 5.32 Å². The Hall–Kier alpha value is -0.550. The molecule has 0 rings (SSSR count). The molecule has 0 amide bonds. The molecule has 0 atom stereocenters. The summed E-state index contributed by atoms with van der Waals surface area (Å²) in [4.78, 5) is 0. The minimum Gasteiger partial charge on any atom is -0.317 e. The van der Waals surface area contributed by atoms with Crippen molar-refractivity contribution in [3.05, 3.63) is 0 Å². The molecule has 1 N–H and O–H groups in total. The van der Waals surface area contributed by atoms with E-state index in [0.29, 0.717) is 0 Å². The molecule has 0 radical (unpaired) electrons. The summed E-state index contributed by atoms with van der Waals surface area (Å²) in [5, 5.41) is 12.3. The minimum atomic E-state index is -0.141. The first-order valence-electron chi connectivity index (χ1n) is 6.10. The monoisotopic (exact) mass is 210 g/mol. The lowest BCUT2D eigenvalue weighted by molar-refractivity contribution is 0.420. The smallest absolute Gasteiger partial charge is 0.0683 e. The van der Waals surface area contributed by atoms with E-state index in [1.807, 2.05) is 13.8 Å². The molecule has 0 aliphatic heterocycles. The predicted molar refractivity (Wildman–Crippen MR) is 65.6 cm³/mol. The second kappa shape index (κ2) is 7.70. The third kappa shape index (κ3) is 9.75. The Bertz CT molecular complexity index is 189. The summed E-state index contributed by atoms with van der Waals surface area (Å²) in [5.74, 6) is 0.787. The molecule has 0 aromatic rings. The van der Waals surface area contributed by atoms with E-state index in [1.165, 1.54) is 12.8 Å². The van der Waals surface area contributed by atoms with Crippen molar-refractivity contribution in [2.24, 2.45) is 11.3 Å². The summed E-state index contributed by atoms with van der Waals surface area (Å²) in [6.45, 7) is 10.7. The summed E-state index contributed by atoms with van der Waals surface area (Å²) >= 11 is 0. The Morgan fingerprint density at radius 3 is 2.40 bits per heavy atom. The number of unbranched alkanes of at least 4 members (excludes halogenated alkanes) is 1.